The summed E-state index contributed by atoms with van der Waals surface area (Å²) in [7, 11) is 1.95. The summed E-state index contributed by atoms with van der Waals surface area (Å²) in [4.78, 5) is 12.8. The molecule has 2 aromatic carbocycles. The summed E-state index contributed by atoms with van der Waals surface area (Å²) < 4.78 is 0. The van der Waals surface area contributed by atoms with Gasteiger partial charge in [0.15, 0.2) is 0 Å². The monoisotopic (exact) mass is 402 g/mol. The number of aryl methyl sites for hydroxylation is 3. The molecule has 0 spiro atoms. The zero-order chi connectivity index (χ0) is 20.8. The first kappa shape index (κ1) is 22.3. The Morgan fingerprint density at radius 2 is 1.79 bits per heavy atom. The molecule has 5 heteroatoms. The normalized spacial score (nSPS) is 12.2. The zero-order valence-electron chi connectivity index (χ0n) is 17.5. The van der Waals surface area contributed by atoms with Crippen LogP contribution in [0, 0.1) is 20.8 Å². The molecule has 0 saturated heterocycles. The van der Waals surface area contributed by atoms with Gasteiger partial charge in [-0.2, -0.15) is 0 Å². The SMILES string of the molecule is CC[C@@H](Nc1ccc(C)c(CN(C)CCC(=O)O)c1)c1cc(C)c(Cl)c(C)c1. The average Bonchev–Trinajstić information content (AvgIpc) is 2.64. The molecule has 0 bridgehead atoms. The number of nitrogens with one attached hydrogen (secondary N) is 1. The van der Waals surface area contributed by atoms with Crippen LogP contribution in [0.1, 0.15) is 53.6 Å². The third kappa shape index (κ3) is 5.98. The van der Waals surface area contributed by atoms with Gasteiger partial charge in [-0.3, -0.25) is 4.79 Å². The minimum absolute atomic E-state index is 0.153. The van der Waals surface area contributed by atoms with Crippen molar-refractivity contribution < 1.29 is 9.90 Å². The van der Waals surface area contributed by atoms with Crippen LogP contribution in [0.2, 0.25) is 5.02 Å². The van der Waals surface area contributed by atoms with E-state index in [2.05, 4.69) is 49.5 Å². The summed E-state index contributed by atoms with van der Waals surface area (Å²) in [5.74, 6) is -0.765. The van der Waals surface area contributed by atoms with E-state index in [1.54, 1.807) is 0 Å². The molecule has 0 unspecified atom stereocenters. The highest BCUT2D eigenvalue weighted by molar-refractivity contribution is 6.32. The molecule has 0 aliphatic rings. The second-order valence-electron chi connectivity index (χ2n) is 7.60. The molecular weight excluding hydrogens is 372 g/mol. The number of rotatable bonds is 9. The molecule has 0 aliphatic carbocycles. The number of benzene rings is 2. The molecule has 0 saturated carbocycles. The van der Waals surface area contributed by atoms with Crippen molar-refractivity contribution in [3.05, 3.63) is 63.2 Å². The van der Waals surface area contributed by atoms with Crippen molar-refractivity contribution in [3.63, 3.8) is 0 Å². The largest absolute Gasteiger partial charge is 0.481 e. The van der Waals surface area contributed by atoms with Crippen LogP contribution in [0.25, 0.3) is 0 Å². The molecule has 1 atom stereocenters. The summed E-state index contributed by atoms with van der Waals surface area (Å²) in [5, 5.41) is 13.4. The molecule has 2 N–H and O–H groups in total. The quantitative estimate of drug-likeness (QED) is 0.561. The molecule has 0 heterocycles. The van der Waals surface area contributed by atoms with Gasteiger partial charge in [0.05, 0.1) is 12.5 Å². The predicted octanol–water partition coefficient (Wildman–Crippen LogP) is 5.73. The Bertz CT molecular complexity index is 812. The molecular formula is C23H31ClN2O2. The Labute approximate surface area is 173 Å². The Balaban J connectivity index is 2.17. The molecule has 152 valence electrons. The van der Waals surface area contributed by atoms with Crippen molar-refractivity contribution >= 4 is 23.3 Å². The lowest BCUT2D eigenvalue weighted by Gasteiger charge is -2.22. The van der Waals surface area contributed by atoms with Crippen LogP contribution in [0.4, 0.5) is 5.69 Å². The maximum absolute atomic E-state index is 10.8. The number of hydrogen-bond acceptors (Lipinski definition) is 3. The number of nitrogens with zero attached hydrogens (tertiary/aromatic N) is 1. The van der Waals surface area contributed by atoms with E-state index < -0.39 is 5.97 Å². The highest BCUT2D eigenvalue weighted by Crippen LogP contribution is 2.29. The lowest BCUT2D eigenvalue weighted by Crippen LogP contribution is -2.22. The molecule has 0 amide bonds. The molecule has 2 aromatic rings. The maximum atomic E-state index is 10.8. The van der Waals surface area contributed by atoms with E-state index in [0.717, 1.165) is 34.8 Å². The van der Waals surface area contributed by atoms with Crippen LogP contribution < -0.4 is 5.32 Å². The first-order chi connectivity index (χ1) is 13.2. The molecule has 4 nitrogen and oxygen atoms in total. The number of aliphatic carboxylic acids is 1. The predicted molar refractivity (Wildman–Crippen MR) is 117 cm³/mol. The van der Waals surface area contributed by atoms with Crippen LogP contribution >= 0.6 is 11.6 Å². The van der Waals surface area contributed by atoms with Gasteiger partial charge in [-0.25, -0.2) is 0 Å². The highest BCUT2D eigenvalue weighted by atomic mass is 35.5. The van der Waals surface area contributed by atoms with Gasteiger partial charge in [-0.1, -0.05) is 36.7 Å². The van der Waals surface area contributed by atoms with Gasteiger partial charge in [-0.15, -0.1) is 0 Å². The van der Waals surface area contributed by atoms with Gasteiger partial charge < -0.3 is 15.3 Å². The summed E-state index contributed by atoms with van der Waals surface area (Å²) in [5.41, 5.74) is 6.92. The van der Waals surface area contributed by atoms with Gasteiger partial charge >= 0.3 is 5.97 Å². The van der Waals surface area contributed by atoms with Crippen LogP contribution in [-0.4, -0.2) is 29.6 Å². The third-order valence-corrected chi connectivity index (χ3v) is 5.70. The van der Waals surface area contributed by atoms with Gasteiger partial charge in [0, 0.05) is 23.8 Å². The number of carboxylic acids is 1. The summed E-state index contributed by atoms with van der Waals surface area (Å²) in [6, 6.07) is 10.9. The van der Waals surface area contributed by atoms with E-state index in [1.165, 1.54) is 16.7 Å². The van der Waals surface area contributed by atoms with E-state index in [4.69, 9.17) is 16.7 Å². The van der Waals surface area contributed by atoms with Gasteiger partial charge in [-0.05, 0) is 74.2 Å². The second kappa shape index (κ2) is 9.94. The fraction of sp³-hybridized carbons (Fsp3) is 0.435. The number of carbonyl (C=O) groups is 1. The third-order valence-electron chi connectivity index (χ3n) is 5.11. The molecule has 0 fully saturated rings. The smallest absolute Gasteiger partial charge is 0.304 e. The van der Waals surface area contributed by atoms with Crippen molar-refractivity contribution in [3.8, 4) is 0 Å². The van der Waals surface area contributed by atoms with Gasteiger partial charge in [0.1, 0.15) is 0 Å². The van der Waals surface area contributed by atoms with Crippen LogP contribution in [-0.2, 0) is 11.3 Å². The number of halogens is 1. The summed E-state index contributed by atoms with van der Waals surface area (Å²) in [6.45, 7) is 9.61. The topological polar surface area (TPSA) is 52.6 Å². The Kier molecular flexibility index (Phi) is 7.90. The van der Waals surface area contributed by atoms with Gasteiger partial charge in [0.25, 0.3) is 0 Å². The highest BCUT2D eigenvalue weighted by Gasteiger charge is 2.13. The van der Waals surface area contributed by atoms with E-state index in [9.17, 15) is 4.79 Å². The molecule has 0 radical (unpaired) electrons. The minimum Gasteiger partial charge on any atom is -0.481 e. The second-order valence-corrected chi connectivity index (χ2v) is 7.97. The number of carboxylic acid groups (broad SMARTS) is 1. The lowest BCUT2D eigenvalue weighted by molar-refractivity contribution is -0.137. The fourth-order valence-corrected chi connectivity index (χ4v) is 3.50. The first-order valence-corrected chi connectivity index (χ1v) is 10.1. The van der Waals surface area contributed by atoms with Gasteiger partial charge in [0.2, 0.25) is 0 Å². The standard InChI is InChI=1S/C23H31ClN2O2/c1-6-21(18-11-16(3)23(24)17(4)12-18)25-20-8-7-15(2)19(13-20)14-26(5)10-9-22(27)28/h7-8,11-13,21,25H,6,9-10,14H2,1-5H3,(H,27,28)/t21-/m1/s1. The van der Waals surface area contributed by atoms with Crippen molar-refractivity contribution in [1.29, 1.82) is 0 Å². The van der Waals surface area contributed by atoms with Crippen LogP contribution in [0.5, 0.6) is 0 Å². The number of anilines is 1. The maximum Gasteiger partial charge on any atom is 0.304 e. The molecule has 2 rings (SSSR count). The van der Waals surface area contributed by atoms with Crippen LogP contribution in [0.3, 0.4) is 0 Å². The van der Waals surface area contributed by atoms with Crippen molar-refractivity contribution in [1.82, 2.24) is 4.90 Å². The average molecular weight is 403 g/mol. The molecule has 0 aliphatic heterocycles. The number of hydrogen-bond donors (Lipinski definition) is 2. The van der Waals surface area contributed by atoms with E-state index in [-0.39, 0.29) is 12.5 Å². The van der Waals surface area contributed by atoms with E-state index in [1.807, 2.05) is 25.8 Å². The minimum atomic E-state index is -0.765. The molecule has 28 heavy (non-hydrogen) atoms. The molecule has 0 aromatic heterocycles. The fourth-order valence-electron chi connectivity index (χ4n) is 3.39. The summed E-state index contributed by atoms with van der Waals surface area (Å²) in [6.07, 6.45) is 1.11. The van der Waals surface area contributed by atoms with E-state index in [0.29, 0.717) is 6.54 Å². The van der Waals surface area contributed by atoms with Crippen molar-refractivity contribution in [2.24, 2.45) is 0 Å². The summed E-state index contributed by atoms with van der Waals surface area (Å²) >= 11 is 6.33. The van der Waals surface area contributed by atoms with Crippen molar-refractivity contribution in [2.75, 3.05) is 18.9 Å². The Morgan fingerprint density at radius 1 is 1.14 bits per heavy atom. The van der Waals surface area contributed by atoms with Crippen molar-refractivity contribution in [2.45, 2.75) is 53.1 Å². The zero-order valence-corrected chi connectivity index (χ0v) is 18.2. The van der Waals surface area contributed by atoms with E-state index >= 15 is 0 Å². The Hall–Kier alpha value is -2.04. The lowest BCUT2D eigenvalue weighted by atomic mass is 9.98. The first-order valence-electron chi connectivity index (χ1n) is 9.74. The van der Waals surface area contributed by atoms with Crippen LogP contribution in [0.15, 0.2) is 30.3 Å². The Morgan fingerprint density at radius 3 is 2.36 bits per heavy atom.